The first-order valence-corrected chi connectivity index (χ1v) is 12.9. The number of rotatable bonds is 11. The van der Waals surface area contributed by atoms with Crippen LogP contribution in [0.25, 0.3) is 0 Å². The molecule has 1 aliphatic rings. The Bertz CT molecular complexity index is 706. The molecule has 0 radical (unpaired) electrons. The van der Waals surface area contributed by atoms with E-state index in [1.807, 2.05) is 22.6 Å². The van der Waals surface area contributed by atoms with Gasteiger partial charge in [0.1, 0.15) is 18.1 Å². The topological polar surface area (TPSA) is 143 Å². The third kappa shape index (κ3) is 9.51. The van der Waals surface area contributed by atoms with Gasteiger partial charge in [-0.3, -0.25) is 19.2 Å². The molecule has 1 rings (SSSR count). The van der Waals surface area contributed by atoms with Crippen molar-refractivity contribution in [3.63, 3.8) is 0 Å². The molecule has 1 heterocycles. The van der Waals surface area contributed by atoms with Crippen molar-refractivity contribution in [3.05, 3.63) is 0 Å². The molecule has 0 aromatic rings. The fourth-order valence-electron chi connectivity index (χ4n) is 2.79. The molecule has 0 saturated carbocycles. The maximum absolute atomic E-state index is 12.7. The average molecular weight is 584 g/mol. The molecular formula is C20H33IN4O6S. The van der Waals surface area contributed by atoms with E-state index in [9.17, 15) is 24.0 Å². The van der Waals surface area contributed by atoms with E-state index in [1.165, 1.54) is 11.8 Å². The maximum atomic E-state index is 12.7. The van der Waals surface area contributed by atoms with Gasteiger partial charge in [-0.2, -0.15) is 0 Å². The van der Waals surface area contributed by atoms with Gasteiger partial charge in [0.15, 0.2) is 4.11 Å². The first-order chi connectivity index (χ1) is 15.0. The van der Waals surface area contributed by atoms with Crippen LogP contribution in [0.3, 0.4) is 0 Å². The number of thioether (sulfide) groups is 1. The molecule has 4 atom stereocenters. The lowest BCUT2D eigenvalue weighted by Crippen LogP contribution is -2.57. The van der Waals surface area contributed by atoms with Crippen LogP contribution in [0.5, 0.6) is 0 Å². The van der Waals surface area contributed by atoms with E-state index in [0.717, 1.165) is 0 Å². The lowest BCUT2D eigenvalue weighted by Gasteiger charge is -2.27. The fourth-order valence-corrected chi connectivity index (χ4v) is 4.28. The van der Waals surface area contributed by atoms with Gasteiger partial charge in [-0.05, 0) is 34.4 Å². The summed E-state index contributed by atoms with van der Waals surface area (Å²) in [6.07, 6.45) is 0.0849. The molecule has 32 heavy (non-hydrogen) atoms. The zero-order valence-corrected chi connectivity index (χ0v) is 22.0. The number of carbonyl (C=O) groups excluding carboxylic acids is 5. The second-order valence-electron chi connectivity index (χ2n) is 8.10. The van der Waals surface area contributed by atoms with E-state index < -0.39 is 40.0 Å². The van der Waals surface area contributed by atoms with Gasteiger partial charge >= 0.3 is 5.97 Å². The van der Waals surface area contributed by atoms with Crippen molar-refractivity contribution in [2.24, 2.45) is 11.8 Å². The zero-order valence-electron chi connectivity index (χ0n) is 19.0. The molecule has 0 aromatic heterocycles. The lowest BCUT2D eigenvalue weighted by molar-refractivity contribution is -0.150. The highest BCUT2D eigenvalue weighted by Gasteiger charge is 2.31. The molecule has 12 heteroatoms. The number of nitrogens with one attached hydrogen (secondary N) is 4. The Morgan fingerprint density at radius 2 is 1.69 bits per heavy atom. The number of amides is 4. The number of hydrogen-bond acceptors (Lipinski definition) is 7. The Morgan fingerprint density at radius 1 is 1.09 bits per heavy atom. The normalized spacial score (nSPS) is 18.9. The lowest BCUT2D eigenvalue weighted by atomic mass is 10.0. The summed E-state index contributed by atoms with van der Waals surface area (Å²) in [6, 6.07) is -2.30. The molecule has 0 bridgehead atoms. The molecule has 1 aliphatic heterocycles. The molecule has 4 amide bonds. The smallest absolute Gasteiger partial charge is 0.329 e. The van der Waals surface area contributed by atoms with Crippen LogP contribution in [0.1, 0.15) is 47.5 Å². The fraction of sp³-hybridized carbons (Fsp3) is 0.750. The quantitative estimate of drug-likeness (QED) is 0.159. The van der Waals surface area contributed by atoms with Crippen LogP contribution in [0.15, 0.2) is 0 Å². The number of halogens is 1. The van der Waals surface area contributed by atoms with Gasteiger partial charge in [0.25, 0.3) is 0 Å². The van der Waals surface area contributed by atoms with Crippen LogP contribution in [0.2, 0.25) is 0 Å². The van der Waals surface area contributed by atoms with Gasteiger partial charge in [-0.1, -0.05) is 34.6 Å². The molecule has 0 spiro atoms. The molecule has 1 fully saturated rings. The molecule has 0 aromatic carbocycles. The Kier molecular flexibility index (Phi) is 12.3. The SMILES string of the molecule is CCC(=O)N[C@H](C(=O)O[C@@H](I)CC(=O)N[C@@H](C(=O)N[C@@H]1CSCNC1=O)C(C)C)C(C)C. The van der Waals surface area contributed by atoms with Crippen molar-refractivity contribution in [2.75, 3.05) is 11.6 Å². The predicted molar refractivity (Wildman–Crippen MR) is 130 cm³/mol. The van der Waals surface area contributed by atoms with E-state index in [1.54, 1.807) is 34.6 Å². The summed E-state index contributed by atoms with van der Waals surface area (Å²) in [4.78, 5) is 61.1. The van der Waals surface area contributed by atoms with Crippen molar-refractivity contribution in [1.82, 2.24) is 21.3 Å². The summed E-state index contributed by atoms with van der Waals surface area (Å²) in [5, 5.41) is 10.6. The van der Waals surface area contributed by atoms with E-state index in [0.29, 0.717) is 11.6 Å². The van der Waals surface area contributed by atoms with Crippen LogP contribution in [0, 0.1) is 11.8 Å². The standard InChI is InChI=1S/C20H33IN4O6S/c1-6-14(26)24-17(11(4)5)20(30)31-13(21)7-15(27)25-16(10(2)3)19(29)23-12-8-32-9-22-18(12)28/h10-13,16-17H,6-9H2,1-5H3,(H,22,28)(H,23,29)(H,24,26)(H,25,27)/t12-,13-,16-,17+/m1/s1. The highest BCUT2D eigenvalue weighted by atomic mass is 127. The summed E-state index contributed by atoms with van der Waals surface area (Å²) in [7, 11) is 0. The minimum Gasteiger partial charge on any atom is -0.450 e. The van der Waals surface area contributed by atoms with Crippen molar-refractivity contribution in [1.29, 1.82) is 0 Å². The van der Waals surface area contributed by atoms with E-state index in [4.69, 9.17) is 4.74 Å². The molecule has 10 nitrogen and oxygen atoms in total. The van der Waals surface area contributed by atoms with E-state index in [-0.39, 0.29) is 36.5 Å². The van der Waals surface area contributed by atoms with Gasteiger partial charge in [-0.15, -0.1) is 11.8 Å². The van der Waals surface area contributed by atoms with Crippen LogP contribution in [-0.4, -0.2) is 63.5 Å². The summed E-state index contributed by atoms with van der Waals surface area (Å²) in [5.41, 5.74) is 0. The first kappa shape index (κ1) is 28.5. The molecule has 1 saturated heterocycles. The number of ether oxygens (including phenoxy) is 1. The second-order valence-corrected chi connectivity index (χ2v) is 10.5. The largest absolute Gasteiger partial charge is 0.450 e. The highest BCUT2D eigenvalue weighted by Crippen LogP contribution is 2.14. The van der Waals surface area contributed by atoms with E-state index >= 15 is 0 Å². The molecule has 0 aliphatic carbocycles. The minimum absolute atomic E-state index is 0.158. The van der Waals surface area contributed by atoms with E-state index in [2.05, 4.69) is 21.3 Å². The van der Waals surface area contributed by atoms with Gasteiger partial charge < -0.3 is 26.0 Å². The predicted octanol–water partition coefficient (Wildman–Crippen LogP) is 0.678. The average Bonchev–Trinajstić information content (AvgIpc) is 2.70. The Balaban J connectivity index is 2.64. The number of hydrogen-bond donors (Lipinski definition) is 4. The molecule has 4 N–H and O–H groups in total. The van der Waals surface area contributed by atoms with Crippen molar-refractivity contribution < 1.29 is 28.7 Å². The van der Waals surface area contributed by atoms with Gasteiger partial charge in [0.05, 0.1) is 12.3 Å². The third-order valence-corrected chi connectivity index (χ3v) is 6.29. The summed E-state index contributed by atoms with van der Waals surface area (Å²) >= 11 is 3.32. The van der Waals surface area contributed by atoms with Crippen LogP contribution < -0.4 is 21.3 Å². The second kappa shape index (κ2) is 13.9. The Labute approximate surface area is 206 Å². The summed E-state index contributed by atoms with van der Waals surface area (Å²) < 4.78 is 4.56. The van der Waals surface area contributed by atoms with Crippen molar-refractivity contribution in [3.8, 4) is 0 Å². The minimum atomic E-state index is -0.839. The molecule has 182 valence electrons. The number of carbonyl (C=O) groups is 5. The zero-order chi connectivity index (χ0) is 24.4. The Hall–Kier alpha value is -1.57. The maximum Gasteiger partial charge on any atom is 0.329 e. The summed E-state index contributed by atoms with van der Waals surface area (Å²) in [5.74, 6) is -1.47. The molecular weight excluding hydrogens is 551 g/mol. The molecule has 0 unspecified atom stereocenters. The van der Waals surface area contributed by atoms with Crippen LogP contribution in [-0.2, 0) is 28.7 Å². The van der Waals surface area contributed by atoms with Crippen molar-refractivity contribution in [2.45, 2.75) is 69.7 Å². The van der Waals surface area contributed by atoms with Crippen LogP contribution in [0.4, 0.5) is 0 Å². The Morgan fingerprint density at radius 3 is 2.22 bits per heavy atom. The first-order valence-electron chi connectivity index (χ1n) is 10.5. The van der Waals surface area contributed by atoms with Crippen molar-refractivity contribution >= 4 is 64.0 Å². The van der Waals surface area contributed by atoms with Crippen LogP contribution >= 0.6 is 34.4 Å². The van der Waals surface area contributed by atoms with Gasteiger partial charge in [-0.25, -0.2) is 4.79 Å². The van der Waals surface area contributed by atoms with Gasteiger partial charge in [0, 0.05) is 12.2 Å². The number of alkyl halides is 1. The monoisotopic (exact) mass is 584 g/mol. The third-order valence-electron chi connectivity index (χ3n) is 4.68. The number of esters is 1. The summed E-state index contributed by atoms with van der Waals surface area (Å²) in [6.45, 7) is 8.82. The van der Waals surface area contributed by atoms with Gasteiger partial charge in [0.2, 0.25) is 23.6 Å². The highest BCUT2D eigenvalue weighted by molar-refractivity contribution is 14.1.